The van der Waals surface area contributed by atoms with Gasteiger partial charge in [0.25, 0.3) is 0 Å². The molecule has 3 rings (SSSR count). The van der Waals surface area contributed by atoms with Gasteiger partial charge in [0.2, 0.25) is 0 Å². The van der Waals surface area contributed by atoms with E-state index in [0.717, 1.165) is 23.8 Å². The van der Waals surface area contributed by atoms with Crippen LogP contribution in [0.25, 0.3) is 22.1 Å². The average molecular weight is 364 g/mol. The Morgan fingerprint density at radius 3 is 2.33 bits per heavy atom. The SMILES string of the molecule is CCC(C)c1ccc(-c2cc3ccc(OC)cc3oc2=O)c(C(C)CC)c1. The molecule has 2 aromatic carbocycles. The lowest BCUT2D eigenvalue weighted by Crippen LogP contribution is -2.07. The van der Waals surface area contributed by atoms with Crippen molar-refractivity contribution in [3.63, 3.8) is 0 Å². The normalized spacial score (nSPS) is 13.5. The summed E-state index contributed by atoms with van der Waals surface area (Å²) in [6.07, 6.45) is 2.12. The molecular formula is C24H28O3. The highest BCUT2D eigenvalue weighted by Gasteiger charge is 2.17. The first-order valence-corrected chi connectivity index (χ1v) is 9.74. The van der Waals surface area contributed by atoms with Gasteiger partial charge < -0.3 is 9.15 Å². The van der Waals surface area contributed by atoms with Crippen LogP contribution < -0.4 is 10.4 Å². The van der Waals surface area contributed by atoms with E-state index in [4.69, 9.17) is 9.15 Å². The summed E-state index contributed by atoms with van der Waals surface area (Å²) in [7, 11) is 1.60. The zero-order chi connectivity index (χ0) is 19.6. The Hall–Kier alpha value is -2.55. The number of ether oxygens (including phenoxy) is 1. The second-order valence-electron chi connectivity index (χ2n) is 7.32. The molecule has 0 aliphatic rings. The Labute approximate surface area is 161 Å². The highest BCUT2D eigenvalue weighted by atomic mass is 16.5. The first-order chi connectivity index (χ1) is 13.0. The van der Waals surface area contributed by atoms with Gasteiger partial charge in [-0.3, -0.25) is 0 Å². The summed E-state index contributed by atoms with van der Waals surface area (Å²) in [5, 5.41) is 0.895. The molecule has 0 fully saturated rings. The molecule has 2 unspecified atom stereocenters. The third-order valence-corrected chi connectivity index (χ3v) is 5.63. The summed E-state index contributed by atoms with van der Waals surface area (Å²) < 4.78 is 10.8. The number of benzene rings is 2. The third kappa shape index (κ3) is 3.78. The van der Waals surface area contributed by atoms with E-state index in [1.54, 1.807) is 13.2 Å². The molecule has 0 saturated heterocycles. The number of methoxy groups -OCH3 is 1. The lowest BCUT2D eigenvalue weighted by Gasteiger charge is -2.19. The maximum atomic E-state index is 12.8. The van der Waals surface area contributed by atoms with Gasteiger partial charge in [0.15, 0.2) is 0 Å². The Bertz CT molecular complexity index is 1000. The van der Waals surface area contributed by atoms with Gasteiger partial charge in [0, 0.05) is 11.5 Å². The van der Waals surface area contributed by atoms with E-state index in [1.165, 1.54) is 11.1 Å². The minimum atomic E-state index is -0.309. The summed E-state index contributed by atoms with van der Waals surface area (Å²) >= 11 is 0. The fourth-order valence-corrected chi connectivity index (χ4v) is 3.40. The number of hydrogen-bond acceptors (Lipinski definition) is 3. The molecule has 1 heterocycles. The van der Waals surface area contributed by atoms with Crippen LogP contribution in [0.2, 0.25) is 0 Å². The van der Waals surface area contributed by atoms with Gasteiger partial charge in [-0.1, -0.05) is 45.9 Å². The minimum absolute atomic E-state index is 0.309. The van der Waals surface area contributed by atoms with E-state index < -0.39 is 0 Å². The molecule has 3 aromatic rings. The number of fused-ring (bicyclic) bond motifs is 1. The van der Waals surface area contributed by atoms with E-state index in [1.807, 2.05) is 18.2 Å². The predicted molar refractivity (Wildman–Crippen MR) is 112 cm³/mol. The second-order valence-corrected chi connectivity index (χ2v) is 7.32. The van der Waals surface area contributed by atoms with Crippen molar-refractivity contribution in [2.45, 2.75) is 52.4 Å². The summed E-state index contributed by atoms with van der Waals surface area (Å²) in [5.41, 5.74) is 4.38. The maximum Gasteiger partial charge on any atom is 0.344 e. The topological polar surface area (TPSA) is 39.4 Å². The summed E-state index contributed by atoms with van der Waals surface area (Å²) in [5.74, 6) is 1.55. The molecule has 142 valence electrons. The Morgan fingerprint density at radius 1 is 0.926 bits per heavy atom. The molecule has 1 aromatic heterocycles. The van der Waals surface area contributed by atoms with Gasteiger partial charge in [-0.15, -0.1) is 0 Å². The molecule has 0 saturated carbocycles. The molecule has 27 heavy (non-hydrogen) atoms. The van der Waals surface area contributed by atoms with E-state index >= 15 is 0 Å². The smallest absolute Gasteiger partial charge is 0.344 e. The Morgan fingerprint density at radius 2 is 1.67 bits per heavy atom. The van der Waals surface area contributed by atoms with E-state index in [2.05, 4.69) is 45.9 Å². The third-order valence-electron chi connectivity index (χ3n) is 5.63. The van der Waals surface area contributed by atoms with Crippen molar-refractivity contribution >= 4 is 11.0 Å². The minimum Gasteiger partial charge on any atom is -0.497 e. The van der Waals surface area contributed by atoms with Crippen molar-refractivity contribution in [3.8, 4) is 16.9 Å². The first-order valence-electron chi connectivity index (χ1n) is 9.74. The summed E-state index contributed by atoms with van der Waals surface area (Å²) in [6, 6.07) is 14.0. The summed E-state index contributed by atoms with van der Waals surface area (Å²) in [6.45, 7) is 8.84. The van der Waals surface area contributed by atoms with Gasteiger partial charge in [-0.25, -0.2) is 4.79 Å². The fraction of sp³-hybridized carbons (Fsp3) is 0.375. The number of hydrogen-bond donors (Lipinski definition) is 0. The molecule has 0 N–H and O–H groups in total. The molecule has 0 aliphatic carbocycles. The predicted octanol–water partition coefficient (Wildman–Crippen LogP) is 6.50. The van der Waals surface area contributed by atoms with Crippen molar-refractivity contribution in [2.24, 2.45) is 0 Å². The van der Waals surface area contributed by atoms with Crippen molar-refractivity contribution < 1.29 is 9.15 Å². The largest absolute Gasteiger partial charge is 0.497 e. The van der Waals surface area contributed by atoms with Gasteiger partial charge in [-0.2, -0.15) is 0 Å². The highest BCUT2D eigenvalue weighted by molar-refractivity contribution is 5.83. The molecule has 0 aliphatic heterocycles. The van der Waals surface area contributed by atoms with Crippen LogP contribution in [0.3, 0.4) is 0 Å². The quantitative estimate of drug-likeness (QED) is 0.469. The molecule has 0 spiro atoms. The van der Waals surface area contributed by atoms with Gasteiger partial charge in [-0.05, 0) is 59.6 Å². The summed E-state index contributed by atoms with van der Waals surface area (Å²) in [4.78, 5) is 12.8. The number of rotatable bonds is 6. The molecule has 3 nitrogen and oxygen atoms in total. The van der Waals surface area contributed by atoms with Crippen LogP contribution in [0.1, 0.15) is 63.5 Å². The molecule has 3 heteroatoms. The van der Waals surface area contributed by atoms with Crippen LogP contribution in [0.4, 0.5) is 0 Å². The van der Waals surface area contributed by atoms with Crippen molar-refractivity contribution in [3.05, 3.63) is 64.0 Å². The Balaban J connectivity index is 2.20. The van der Waals surface area contributed by atoms with Crippen LogP contribution in [0, 0.1) is 0 Å². The molecule has 2 atom stereocenters. The van der Waals surface area contributed by atoms with Crippen LogP contribution >= 0.6 is 0 Å². The van der Waals surface area contributed by atoms with E-state index in [-0.39, 0.29) is 5.63 Å². The molecule has 0 bridgehead atoms. The van der Waals surface area contributed by atoms with Crippen LogP contribution in [-0.4, -0.2) is 7.11 Å². The fourth-order valence-electron chi connectivity index (χ4n) is 3.40. The molecule has 0 amide bonds. The van der Waals surface area contributed by atoms with Crippen LogP contribution in [-0.2, 0) is 0 Å². The standard InChI is InChI=1S/C24H28O3/c1-6-15(3)17-9-11-20(21(12-17)16(4)7-2)22-13-18-8-10-19(26-5)14-23(18)27-24(22)25/h8-16H,6-7H2,1-5H3. The second kappa shape index (κ2) is 7.99. The monoisotopic (exact) mass is 364 g/mol. The highest BCUT2D eigenvalue weighted by Crippen LogP contribution is 2.34. The maximum absolute atomic E-state index is 12.8. The van der Waals surface area contributed by atoms with Crippen molar-refractivity contribution in [1.29, 1.82) is 0 Å². The van der Waals surface area contributed by atoms with Gasteiger partial charge in [0.05, 0.1) is 12.7 Å². The van der Waals surface area contributed by atoms with Crippen molar-refractivity contribution in [1.82, 2.24) is 0 Å². The van der Waals surface area contributed by atoms with Gasteiger partial charge in [0.1, 0.15) is 11.3 Å². The molecular weight excluding hydrogens is 336 g/mol. The average Bonchev–Trinajstić information content (AvgIpc) is 2.71. The van der Waals surface area contributed by atoms with Crippen LogP contribution in [0.15, 0.2) is 51.7 Å². The van der Waals surface area contributed by atoms with Crippen molar-refractivity contribution in [2.75, 3.05) is 7.11 Å². The Kier molecular flexibility index (Phi) is 5.69. The van der Waals surface area contributed by atoms with E-state index in [0.29, 0.717) is 28.7 Å². The van der Waals surface area contributed by atoms with Gasteiger partial charge >= 0.3 is 5.63 Å². The lowest BCUT2D eigenvalue weighted by atomic mass is 9.86. The zero-order valence-corrected chi connectivity index (χ0v) is 16.8. The lowest BCUT2D eigenvalue weighted by molar-refractivity contribution is 0.414. The zero-order valence-electron chi connectivity index (χ0n) is 16.8. The van der Waals surface area contributed by atoms with E-state index in [9.17, 15) is 4.79 Å². The molecule has 0 radical (unpaired) electrons. The van der Waals surface area contributed by atoms with Crippen LogP contribution in [0.5, 0.6) is 5.75 Å². The first kappa shape index (κ1) is 19.2.